The molecule has 1 aromatic carbocycles. The molecular weight excluding hydrogens is 296 g/mol. The molecule has 0 spiro atoms. The third kappa shape index (κ3) is 2.69. The van der Waals surface area contributed by atoms with Gasteiger partial charge in [0.1, 0.15) is 15.9 Å². The van der Waals surface area contributed by atoms with Crippen molar-refractivity contribution in [2.24, 2.45) is 0 Å². The molecule has 3 N–H and O–H groups in total. The van der Waals surface area contributed by atoms with Crippen molar-refractivity contribution in [3.63, 3.8) is 0 Å². The molecule has 1 aromatic rings. The maximum Gasteiger partial charge on any atom is 0.295 e. The smallest absolute Gasteiger partial charge is 0.295 e. The highest BCUT2D eigenvalue weighted by molar-refractivity contribution is 7.90. The molecule has 7 nitrogen and oxygen atoms in total. The average Bonchev–Trinajstić information content (AvgIpc) is 2.24. The lowest BCUT2D eigenvalue weighted by molar-refractivity contribution is 0.321. The SMILES string of the molecule is O=S(=O)(O)C1=Cc2c(cccc2S(=O)(=O)O)C[C]1O. The Hall–Kier alpha value is -1.26. The van der Waals surface area contributed by atoms with Gasteiger partial charge >= 0.3 is 0 Å². The summed E-state index contributed by atoms with van der Waals surface area (Å²) in [6, 6.07) is 3.91. The van der Waals surface area contributed by atoms with Crippen molar-refractivity contribution in [2.45, 2.75) is 11.3 Å². The lowest BCUT2D eigenvalue weighted by atomic mass is 9.95. The maximum absolute atomic E-state index is 11.2. The fourth-order valence-electron chi connectivity index (χ4n) is 1.84. The van der Waals surface area contributed by atoms with Crippen LogP contribution in [0.1, 0.15) is 11.1 Å². The lowest BCUT2D eigenvalue weighted by Gasteiger charge is -2.20. The zero-order valence-electron chi connectivity index (χ0n) is 9.31. The van der Waals surface area contributed by atoms with Gasteiger partial charge in [0.05, 0.1) is 0 Å². The fraction of sp³-hybridized carbons (Fsp3) is 0.100. The Morgan fingerprint density at radius 3 is 2.16 bits per heavy atom. The predicted molar refractivity (Wildman–Crippen MR) is 64.7 cm³/mol. The van der Waals surface area contributed by atoms with E-state index in [2.05, 4.69) is 0 Å². The van der Waals surface area contributed by atoms with Crippen LogP contribution < -0.4 is 0 Å². The molecule has 0 saturated carbocycles. The van der Waals surface area contributed by atoms with Crippen molar-refractivity contribution in [2.75, 3.05) is 0 Å². The van der Waals surface area contributed by atoms with Gasteiger partial charge in [-0.05, 0) is 23.3 Å². The van der Waals surface area contributed by atoms with E-state index >= 15 is 0 Å². The van der Waals surface area contributed by atoms with E-state index in [9.17, 15) is 21.9 Å². The van der Waals surface area contributed by atoms with E-state index in [0.29, 0.717) is 5.56 Å². The van der Waals surface area contributed by atoms with Crippen LogP contribution in [0.15, 0.2) is 28.0 Å². The molecule has 0 atom stereocenters. The third-order valence-electron chi connectivity index (χ3n) is 2.63. The summed E-state index contributed by atoms with van der Waals surface area (Å²) < 4.78 is 62.5. The van der Waals surface area contributed by atoms with Crippen LogP contribution >= 0.6 is 0 Å². The van der Waals surface area contributed by atoms with Crippen LogP contribution in [0, 0.1) is 6.10 Å². The molecule has 19 heavy (non-hydrogen) atoms. The van der Waals surface area contributed by atoms with E-state index in [0.717, 1.165) is 12.1 Å². The summed E-state index contributed by atoms with van der Waals surface area (Å²) in [5.41, 5.74) is 0.246. The van der Waals surface area contributed by atoms with Crippen molar-refractivity contribution in [1.29, 1.82) is 0 Å². The Morgan fingerprint density at radius 1 is 1.00 bits per heavy atom. The summed E-state index contributed by atoms with van der Waals surface area (Å²) in [5.74, 6) is 0. The Morgan fingerprint density at radius 2 is 1.63 bits per heavy atom. The normalized spacial score (nSPS) is 16.9. The van der Waals surface area contributed by atoms with Gasteiger partial charge in [0.15, 0.2) is 0 Å². The molecule has 103 valence electrons. The van der Waals surface area contributed by atoms with E-state index < -0.39 is 36.1 Å². The van der Waals surface area contributed by atoms with Crippen LogP contribution in [0.5, 0.6) is 0 Å². The highest BCUT2D eigenvalue weighted by Gasteiger charge is 2.31. The quantitative estimate of drug-likeness (QED) is 0.683. The van der Waals surface area contributed by atoms with Crippen LogP contribution in [0.3, 0.4) is 0 Å². The van der Waals surface area contributed by atoms with Gasteiger partial charge in [0, 0.05) is 6.42 Å². The van der Waals surface area contributed by atoms with Crippen molar-refractivity contribution >= 4 is 26.3 Å². The number of hydrogen-bond acceptors (Lipinski definition) is 5. The minimum Gasteiger partial charge on any atom is -0.381 e. The zero-order valence-corrected chi connectivity index (χ0v) is 10.9. The molecule has 0 bridgehead atoms. The monoisotopic (exact) mass is 305 g/mol. The van der Waals surface area contributed by atoms with E-state index in [1.807, 2.05) is 0 Å². The molecule has 1 aliphatic carbocycles. The Balaban J connectivity index is 2.77. The first kappa shape index (κ1) is 14.2. The first-order valence-corrected chi connectivity index (χ1v) is 7.82. The van der Waals surface area contributed by atoms with E-state index in [-0.39, 0.29) is 12.0 Å². The van der Waals surface area contributed by atoms with Crippen LogP contribution in [0.2, 0.25) is 0 Å². The van der Waals surface area contributed by atoms with Crippen LogP contribution in [0.4, 0.5) is 0 Å². The lowest BCUT2D eigenvalue weighted by Crippen LogP contribution is -2.18. The van der Waals surface area contributed by atoms with Crippen molar-refractivity contribution < 1.29 is 31.0 Å². The van der Waals surface area contributed by atoms with Crippen LogP contribution in [0.25, 0.3) is 6.08 Å². The Kier molecular flexibility index (Phi) is 3.27. The van der Waals surface area contributed by atoms with Crippen LogP contribution in [-0.2, 0) is 26.7 Å². The molecule has 1 aliphatic rings. The van der Waals surface area contributed by atoms with Gasteiger partial charge < -0.3 is 5.11 Å². The van der Waals surface area contributed by atoms with Gasteiger partial charge in [-0.15, -0.1) is 0 Å². The summed E-state index contributed by atoms with van der Waals surface area (Å²) in [6.07, 6.45) is -0.0424. The van der Waals surface area contributed by atoms with E-state index in [1.165, 1.54) is 12.1 Å². The van der Waals surface area contributed by atoms with Crippen molar-refractivity contribution in [1.82, 2.24) is 0 Å². The largest absolute Gasteiger partial charge is 0.381 e. The molecule has 0 amide bonds. The topological polar surface area (TPSA) is 129 Å². The van der Waals surface area contributed by atoms with E-state index in [1.54, 1.807) is 0 Å². The number of fused-ring (bicyclic) bond motifs is 1. The number of rotatable bonds is 2. The molecule has 0 unspecified atom stereocenters. The summed E-state index contributed by atoms with van der Waals surface area (Å²) in [6.45, 7) is 0. The number of aliphatic hydroxyl groups excluding tert-OH is 1. The highest BCUT2D eigenvalue weighted by atomic mass is 32.2. The number of aliphatic hydroxyl groups is 1. The summed E-state index contributed by atoms with van der Waals surface area (Å²) in [4.78, 5) is -1.27. The van der Waals surface area contributed by atoms with Crippen LogP contribution in [-0.4, -0.2) is 31.0 Å². The average molecular weight is 305 g/mol. The molecular formula is C10H9O7S2. The maximum atomic E-state index is 11.2. The second-order valence-electron chi connectivity index (χ2n) is 3.91. The summed E-state index contributed by atoms with van der Waals surface area (Å²) in [5, 5.41) is 9.54. The van der Waals surface area contributed by atoms with Gasteiger partial charge in [-0.1, -0.05) is 12.1 Å². The first-order valence-electron chi connectivity index (χ1n) is 4.94. The molecule has 0 aliphatic heterocycles. The molecule has 0 heterocycles. The van der Waals surface area contributed by atoms with Crippen molar-refractivity contribution in [3.8, 4) is 0 Å². The molecule has 0 saturated heterocycles. The molecule has 0 aromatic heterocycles. The van der Waals surface area contributed by atoms with Gasteiger partial charge in [-0.2, -0.15) is 16.8 Å². The molecule has 0 fully saturated rings. The van der Waals surface area contributed by atoms with Gasteiger partial charge in [-0.3, -0.25) is 9.11 Å². The molecule has 9 heteroatoms. The molecule has 1 radical (unpaired) electrons. The van der Waals surface area contributed by atoms with Crippen molar-refractivity contribution in [3.05, 3.63) is 40.3 Å². The minimum atomic E-state index is -4.68. The second-order valence-corrected chi connectivity index (χ2v) is 6.69. The zero-order chi connectivity index (χ0) is 14.4. The summed E-state index contributed by atoms with van der Waals surface area (Å²) in [7, 11) is -9.23. The second kappa shape index (κ2) is 4.39. The summed E-state index contributed by atoms with van der Waals surface area (Å²) >= 11 is 0. The van der Waals surface area contributed by atoms with Gasteiger partial charge in [-0.25, -0.2) is 0 Å². The minimum absolute atomic E-state index is 0.0737. The fourth-order valence-corrected chi connectivity index (χ4v) is 3.19. The Labute approximate surface area is 109 Å². The number of hydrogen-bond donors (Lipinski definition) is 3. The third-order valence-corrected chi connectivity index (χ3v) is 4.45. The van der Waals surface area contributed by atoms with E-state index in [4.69, 9.17) is 9.11 Å². The van der Waals surface area contributed by atoms with Gasteiger partial charge in [0.2, 0.25) is 0 Å². The Bertz CT molecular complexity index is 759. The first-order chi connectivity index (χ1) is 8.60. The standard InChI is InChI=1S/C10H9O7S2/c11-8-4-6-2-1-3-9(18(12,13)14)7(6)5-10(8)19(15,16)17/h1-3,5,11H,4H2,(H,12,13,14)(H,15,16,17). The van der Waals surface area contributed by atoms with Gasteiger partial charge in [0.25, 0.3) is 20.2 Å². The highest BCUT2D eigenvalue weighted by Crippen LogP contribution is 2.34. The number of benzene rings is 1. The molecule has 2 rings (SSSR count). The predicted octanol–water partition coefficient (Wildman–Crippen LogP) is 0.623.